The Morgan fingerprint density at radius 1 is 1.50 bits per heavy atom. The molecule has 0 aliphatic heterocycles. The lowest BCUT2D eigenvalue weighted by atomic mass is 9.86. The lowest BCUT2D eigenvalue weighted by Crippen LogP contribution is -2.37. The maximum atomic E-state index is 12.0. The van der Waals surface area contributed by atoms with E-state index in [1.165, 1.54) is 0 Å². The summed E-state index contributed by atoms with van der Waals surface area (Å²) in [5.41, 5.74) is 0.626. The first kappa shape index (κ1) is 13.1. The van der Waals surface area contributed by atoms with Gasteiger partial charge in [-0.05, 0) is 38.5 Å². The van der Waals surface area contributed by atoms with Gasteiger partial charge in [-0.25, -0.2) is 0 Å². The van der Waals surface area contributed by atoms with E-state index in [2.05, 4.69) is 10.4 Å². The number of aryl methyl sites for hydroxylation is 1. The minimum atomic E-state index is -0.0397. The Labute approximate surface area is 107 Å². The summed E-state index contributed by atoms with van der Waals surface area (Å²) in [6.45, 7) is 3.03. The molecule has 1 aliphatic rings. The number of hydrogen-bond donors (Lipinski definition) is 2. The quantitative estimate of drug-likeness (QED) is 0.844. The molecule has 0 atom stereocenters. The molecular formula is C13H21N3O2. The van der Waals surface area contributed by atoms with Crippen LogP contribution in [0.2, 0.25) is 0 Å². The number of nitrogens with zero attached hydrogens (tertiary/aromatic N) is 2. The summed E-state index contributed by atoms with van der Waals surface area (Å²) in [4.78, 5) is 12.0. The fourth-order valence-electron chi connectivity index (χ4n) is 2.41. The molecule has 18 heavy (non-hydrogen) atoms. The topological polar surface area (TPSA) is 67.2 Å². The molecule has 0 spiro atoms. The molecule has 1 aromatic rings. The van der Waals surface area contributed by atoms with Crippen LogP contribution in [0.3, 0.4) is 0 Å². The van der Waals surface area contributed by atoms with E-state index in [1.54, 1.807) is 17.1 Å². The summed E-state index contributed by atoms with van der Waals surface area (Å²) < 4.78 is 1.75. The van der Waals surface area contributed by atoms with Gasteiger partial charge in [0.05, 0.1) is 11.8 Å². The zero-order chi connectivity index (χ0) is 13.0. The molecule has 2 N–H and O–H groups in total. The van der Waals surface area contributed by atoms with E-state index in [0.29, 0.717) is 11.5 Å². The van der Waals surface area contributed by atoms with Crippen molar-refractivity contribution in [1.29, 1.82) is 0 Å². The molecule has 5 nitrogen and oxygen atoms in total. The van der Waals surface area contributed by atoms with Gasteiger partial charge in [0, 0.05) is 25.4 Å². The highest BCUT2D eigenvalue weighted by Gasteiger charge is 2.22. The molecule has 1 saturated carbocycles. The molecule has 1 amide bonds. The lowest BCUT2D eigenvalue weighted by Gasteiger charge is -2.27. The Hall–Kier alpha value is -1.36. The van der Waals surface area contributed by atoms with Crippen LogP contribution in [0.4, 0.5) is 0 Å². The van der Waals surface area contributed by atoms with E-state index in [0.717, 1.165) is 32.2 Å². The first-order valence-electron chi connectivity index (χ1n) is 6.67. The zero-order valence-electron chi connectivity index (χ0n) is 10.8. The van der Waals surface area contributed by atoms with Crippen molar-refractivity contribution in [3.63, 3.8) is 0 Å². The van der Waals surface area contributed by atoms with Crippen LogP contribution in [0, 0.1) is 5.92 Å². The molecule has 5 heteroatoms. The summed E-state index contributed by atoms with van der Waals surface area (Å²) in [5, 5.41) is 16.2. The largest absolute Gasteiger partial charge is 0.396 e. The molecule has 0 radical (unpaired) electrons. The second kappa shape index (κ2) is 6.00. The highest BCUT2D eigenvalue weighted by atomic mass is 16.3. The highest BCUT2D eigenvalue weighted by Crippen LogP contribution is 2.23. The first-order valence-corrected chi connectivity index (χ1v) is 6.67. The number of aliphatic hydroxyl groups is 1. The molecule has 1 heterocycles. The van der Waals surface area contributed by atoms with Crippen LogP contribution in [-0.4, -0.2) is 33.4 Å². The Balaban J connectivity index is 1.84. The first-order chi connectivity index (χ1) is 8.72. The predicted molar refractivity (Wildman–Crippen MR) is 68.2 cm³/mol. The third kappa shape index (κ3) is 3.10. The maximum absolute atomic E-state index is 12.0. The average molecular weight is 251 g/mol. The van der Waals surface area contributed by atoms with Gasteiger partial charge in [0.15, 0.2) is 0 Å². The van der Waals surface area contributed by atoms with Crippen molar-refractivity contribution in [2.24, 2.45) is 5.92 Å². The van der Waals surface area contributed by atoms with Crippen molar-refractivity contribution in [1.82, 2.24) is 15.1 Å². The Morgan fingerprint density at radius 3 is 2.78 bits per heavy atom. The van der Waals surface area contributed by atoms with E-state index in [9.17, 15) is 4.79 Å². The van der Waals surface area contributed by atoms with Crippen LogP contribution in [0.25, 0.3) is 0 Å². The van der Waals surface area contributed by atoms with Crippen molar-refractivity contribution in [2.45, 2.75) is 45.2 Å². The van der Waals surface area contributed by atoms with Crippen molar-refractivity contribution in [3.8, 4) is 0 Å². The van der Waals surface area contributed by atoms with Gasteiger partial charge in [0.2, 0.25) is 0 Å². The van der Waals surface area contributed by atoms with Gasteiger partial charge >= 0.3 is 0 Å². The predicted octanol–water partition coefficient (Wildman–Crippen LogP) is 1.18. The summed E-state index contributed by atoms with van der Waals surface area (Å²) in [6.07, 6.45) is 7.29. The number of nitrogens with one attached hydrogen (secondary N) is 1. The SMILES string of the molecule is CCn1cc(C(=O)NC2CCC(CO)CC2)cn1. The van der Waals surface area contributed by atoms with E-state index in [1.807, 2.05) is 6.92 Å². The minimum Gasteiger partial charge on any atom is -0.396 e. The maximum Gasteiger partial charge on any atom is 0.254 e. The van der Waals surface area contributed by atoms with E-state index in [4.69, 9.17) is 5.11 Å². The second-order valence-corrected chi connectivity index (χ2v) is 4.96. The molecule has 0 bridgehead atoms. The van der Waals surface area contributed by atoms with Gasteiger partial charge in [-0.2, -0.15) is 5.10 Å². The number of carbonyl (C=O) groups excluding carboxylic acids is 1. The Kier molecular flexibility index (Phi) is 4.36. The van der Waals surface area contributed by atoms with E-state index < -0.39 is 0 Å². The summed E-state index contributed by atoms with van der Waals surface area (Å²) in [7, 11) is 0. The fraction of sp³-hybridized carbons (Fsp3) is 0.692. The zero-order valence-corrected chi connectivity index (χ0v) is 10.8. The number of carbonyl (C=O) groups is 1. The molecule has 100 valence electrons. The smallest absolute Gasteiger partial charge is 0.254 e. The third-order valence-corrected chi connectivity index (χ3v) is 3.66. The van der Waals surface area contributed by atoms with Gasteiger partial charge in [0.1, 0.15) is 0 Å². The molecule has 0 unspecified atom stereocenters. The summed E-state index contributed by atoms with van der Waals surface area (Å²) >= 11 is 0. The van der Waals surface area contributed by atoms with Crippen molar-refractivity contribution in [3.05, 3.63) is 18.0 Å². The number of aromatic nitrogens is 2. The van der Waals surface area contributed by atoms with Gasteiger partial charge < -0.3 is 10.4 Å². The molecule has 0 saturated heterocycles. The summed E-state index contributed by atoms with van der Waals surface area (Å²) in [5.74, 6) is 0.378. The van der Waals surface area contributed by atoms with Gasteiger partial charge in [-0.1, -0.05) is 0 Å². The van der Waals surface area contributed by atoms with Crippen molar-refractivity contribution in [2.75, 3.05) is 6.61 Å². The third-order valence-electron chi connectivity index (χ3n) is 3.66. The van der Waals surface area contributed by atoms with Crippen LogP contribution in [0.15, 0.2) is 12.4 Å². The molecule has 0 aromatic carbocycles. The number of rotatable bonds is 4. The number of hydrogen-bond acceptors (Lipinski definition) is 3. The van der Waals surface area contributed by atoms with Crippen LogP contribution in [-0.2, 0) is 6.54 Å². The normalized spacial score (nSPS) is 23.9. The molecule has 1 aliphatic carbocycles. The fourth-order valence-corrected chi connectivity index (χ4v) is 2.41. The standard InChI is InChI=1S/C13H21N3O2/c1-2-16-8-11(7-14-16)13(18)15-12-5-3-10(9-17)4-6-12/h7-8,10,12,17H,2-6,9H2,1H3,(H,15,18). The lowest BCUT2D eigenvalue weighted by molar-refractivity contribution is 0.0914. The highest BCUT2D eigenvalue weighted by molar-refractivity contribution is 5.93. The van der Waals surface area contributed by atoms with Crippen molar-refractivity contribution < 1.29 is 9.90 Å². The minimum absolute atomic E-state index is 0.0397. The van der Waals surface area contributed by atoms with E-state index >= 15 is 0 Å². The van der Waals surface area contributed by atoms with Gasteiger partial charge in [0.25, 0.3) is 5.91 Å². The van der Waals surface area contributed by atoms with Gasteiger partial charge in [-0.3, -0.25) is 9.48 Å². The Morgan fingerprint density at radius 2 is 2.22 bits per heavy atom. The molecule has 1 fully saturated rings. The monoisotopic (exact) mass is 251 g/mol. The molecular weight excluding hydrogens is 230 g/mol. The van der Waals surface area contributed by atoms with Crippen LogP contribution < -0.4 is 5.32 Å². The molecule has 2 rings (SSSR count). The van der Waals surface area contributed by atoms with Crippen LogP contribution >= 0.6 is 0 Å². The molecule has 1 aromatic heterocycles. The average Bonchev–Trinajstić information content (AvgIpc) is 2.88. The summed E-state index contributed by atoms with van der Waals surface area (Å²) in [6, 6.07) is 0.241. The number of aliphatic hydroxyl groups excluding tert-OH is 1. The Bertz CT molecular complexity index is 395. The van der Waals surface area contributed by atoms with E-state index in [-0.39, 0.29) is 18.6 Å². The second-order valence-electron chi connectivity index (χ2n) is 4.96. The van der Waals surface area contributed by atoms with Crippen LogP contribution in [0.1, 0.15) is 43.0 Å². The van der Waals surface area contributed by atoms with Gasteiger partial charge in [-0.15, -0.1) is 0 Å². The van der Waals surface area contributed by atoms with Crippen LogP contribution in [0.5, 0.6) is 0 Å². The van der Waals surface area contributed by atoms with Crippen molar-refractivity contribution >= 4 is 5.91 Å². The number of amides is 1.